The first-order valence-electron chi connectivity index (χ1n) is 5.54. The van der Waals surface area contributed by atoms with Crippen LogP contribution in [0.3, 0.4) is 0 Å². The molecule has 3 N–H and O–H groups in total. The number of hydrogen-bond acceptors (Lipinski definition) is 2. The number of carboxylic acid groups (broad SMARTS) is 1. The second-order valence-corrected chi connectivity index (χ2v) is 4.13. The van der Waals surface area contributed by atoms with Gasteiger partial charge in [0.2, 0.25) is 0 Å². The van der Waals surface area contributed by atoms with Gasteiger partial charge >= 0.3 is 12.0 Å². The number of benzene rings is 1. The summed E-state index contributed by atoms with van der Waals surface area (Å²) in [6.45, 7) is 1.84. The second kappa shape index (κ2) is 6.66. The minimum Gasteiger partial charge on any atom is -0.478 e. The van der Waals surface area contributed by atoms with Crippen LogP contribution in [-0.2, 0) is 0 Å². The number of carbonyl (C=O) groups is 2. The highest BCUT2D eigenvalue weighted by molar-refractivity contribution is 6.33. The lowest BCUT2D eigenvalue weighted by atomic mass is 10.2. The van der Waals surface area contributed by atoms with Crippen molar-refractivity contribution >= 4 is 29.3 Å². The predicted octanol–water partition coefficient (Wildman–Crippen LogP) is 2.57. The normalized spacial score (nSPS) is 11.2. The van der Waals surface area contributed by atoms with Gasteiger partial charge in [0.05, 0.1) is 22.3 Å². The highest BCUT2D eigenvalue weighted by Crippen LogP contribution is 2.23. The zero-order valence-corrected chi connectivity index (χ0v) is 11.0. The van der Waals surface area contributed by atoms with Crippen LogP contribution in [0.5, 0.6) is 0 Å². The highest BCUT2D eigenvalue weighted by atomic mass is 35.5. The molecule has 1 atom stereocenters. The lowest BCUT2D eigenvalue weighted by molar-refractivity contribution is 0.0697. The molecule has 0 saturated carbocycles. The van der Waals surface area contributed by atoms with Crippen LogP contribution in [0.4, 0.5) is 10.5 Å². The third kappa shape index (κ3) is 4.19. The zero-order chi connectivity index (χ0) is 14.4. The fourth-order valence-corrected chi connectivity index (χ4v) is 1.50. The van der Waals surface area contributed by atoms with Crippen molar-refractivity contribution < 1.29 is 14.7 Å². The molecule has 2 amide bonds. The summed E-state index contributed by atoms with van der Waals surface area (Å²) in [5, 5.41) is 14.1. The Morgan fingerprint density at radius 3 is 2.74 bits per heavy atom. The van der Waals surface area contributed by atoms with Crippen LogP contribution in [0.1, 0.15) is 23.7 Å². The highest BCUT2D eigenvalue weighted by Gasteiger charge is 2.11. The van der Waals surface area contributed by atoms with Gasteiger partial charge in [0, 0.05) is 0 Å². The minimum atomic E-state index is -1.10. The molecule has 100 valence electrons. The molecule has 0 radical (unpaired) electrons. The number of urea groups is 1. The van der Waals surface area contributed by atoms with Crippen LogP contribution < -0.4 is 10.6 Å². The molecule has 1 aromatic rings. The van der Waals surface area contributed by atoms with Crippen molar-refractivity contribution in [2.45, 2.75) is 19.4 Å². The SMILES string of the molecule is C#CC(CC)NC(=O)Nc1cc(C(=O)O)ccc1Cl. The standard InChI is InChI=1S/C13H13ClN2O3/c1-3-9(4-2)15-13(19)16-11-7-8(12(17)18)5-6-10(11)14/h1,5-7,9H,4H2,2H3,(H,17,18)(H2,15,16,19). The number of amides is 2. The molecular formula is C13H13ClN2O3. The summed E-state index contributed by atoms with van der Waals surface area (Å²) in [5.74, 6) is 1.31. The van der Waals surface area contributed by atoms with Crippen molar-refractivity contribution in [2.75, 3.05) is 5.32 Å². The Morgan fingerprint density at radius 1 is 1.53 bits per heavy atom. The molecule has 0 aliphatic heterocycles. The monoisotopic (exact) mass is 280 g/mol. The number of carboxylic acids is 1. The van der Waals surface area contributed by atoms with Gasteiger partial charge in [0.1, 0.15) is 0 Å². The summed E-state index contributed by atoms with van der Waals surface area (Å²) in [6.07, 6.45) is 5.81. The molecule has 0 bridgehead atoms. The number of anilines is 1. The van der Waals surface area contributed by atoms with Gasteiger partial charge in [0.25, 0.3) is 0 Å². The zero-order valence-electron chi connectivity index (χ0n) is 10.2. The van der Waals surface area contributed by atoms with Gasteiger partial charge in [0.15, 0.2) is 0 Å². The second-order valence-electron chi connectivity index (χ2n) is 3.73. The molecule has 0 aliphatic carbocycles. The molecule has 0 aliphatic rings. The van der Waals surface area contributed by atoms with E-state index in [9.17, 15) is 9.59 Å². The van der Waals surface area contributed by atoms with Crippen LogP contribution in [0.25, 0.3) is 0 Å². The van der Waals surface area contributed by atoms with Gasteiger partial charge in [-0.2, -0.15) is 0 Å². The van der Waals surface area contributed by atoms with Crippen LogP contribution in [0.15, 0.2) is 18.2 Å². The summed E-state index contributed by atoms with van der Waals surface area (Å²) >= 11 is 5.87. The van der Waals surface area contributed by atoms with Crippen LogP contribution in [-0.4, -0.2) is 23.1 Å². The predicted molar refractivity (Wildman–Crippen MR) is 73.5 cm³/mol. The van der Waals surface area contributed by atoms with Crippen molar-refractivity contribution in [2.24, 2.45) is 0 Å². The van der Waals surface area contributed by atoms with Crippen molar-refractivity contribution in [1.29, 1.82) is 0 Å². The quantitative estimate of drug-likeness (QED) is 0.742. The van der Waals surface area contributed by atoms with E-state index in [-0.39, 0.29) is 22.3 Å². The molecule has 0 spiro atoms. The van der Waals surface area contributed by atoms with Crippen LogP contribution >= 0.6 is 11.6 Å². The first-order chi connectivity index (χ1) is 8.97. The molecule has 0 heterocycles. The Labute approximate surface area is 116 Å². The van der Waals surface area contributed by atoms with Gasteiger partial charge in [-0.1, -0.05) is 24.4 Å². The van der Waals surface area contributed by atoms with E-state index in [1.807, 2.05) is 6.92 Å². The van der Waals surface area contributed by atoms with Crippen LogP contribution in [0, 0.1) is 12.3 Å². The number of nitrogens with one attached hydrogen (secondary N) is 2. The van der Waals surface area contributed by atoms with E-state index >= 15 is 0 Å². The lowest BCUT2D eigenvalue weighted by Crippen LogP contribution is -2.36. The lowest BCUT2D eigenvalue weighted by Gasteiger charge is -2.13. The number of terminal acetylenes is 1. The Kier molecular flexibility index (Phi) is 5.22. The van der Waals surface area contributed by atoms with E-state index in [0.29, 0.717) is 6.42 Å². The van der Waals surface area contributed by atoms with Gasteiger partial charge in [-0.05, 0) is 24.6 Å². The fourth-order valence-electron chi connectivity index (χ4n) is 1.33. The molecule has 1 unspecified atom stereocenters. The minimum absolute atomic E-state index is 0.0312. The van der Waals surface area contributed by atoms with Gasteiger partial charge < -0.3 is 15.7 Å². The summed E-state index contributed by atoms with van der Waals surface area (Å²) < 4.78 is 0. The van der Waals surface area contributed by atoms with Crippen molar-refractivity contribution in [3.8, 4) is 12.3 Å². The van der Waals surface area contributed by atoms with Crippen LogP contribution in [0.2, 0.25) is 5.02 Å². The first-order valence-corrected chi connectivity index (χ1v) is 5.92. The number of halogens is 1. The Balaban J connectivity index is 2.82. The maximum atomic E-state index is 11.7. The average Bonchev–Trinajstić information content (AvgIpc) is 2.38. The molecule has 5 nitrogen and oxygen atoms in total. The van der Waals surface area contributed by atoms with Crippen molar-refractivity contribution in [1.82, 2.24) is 5.32 Å². The van der Waals surface area contributed by atoms with E-state index in [4.69, 9.17) is 23.1 Å². The van der Waals surface area contributed by atoms with E-state index in [1.54, 1.807) is 0 Å². The van der Waals surface area contributed by atoms with Crippen molar-refractivity contribution in [3.05, 3.63) is 28.8 Å². The number of rotatable bonds is 4. The molecule has 6 heteroatoms. The number of carbonyl (C=O) groups excluding carboxylic acids is 1. The fraction of sp³-hybridized carbons (Fsp3) is 0.231. The Morgan fingerprint density at radius 2 is 2.21 bits per heavy atom. The molecular weight excluding hydrogens is 268 g/mol. The van der Waals surface area contributed by atoms with Gasteiger partial charge in [-0.15, -0.1) is 6.42 Å². The van der Waals surface area contributed by atoms with E-state index in [2.05, 4.69) is 16.6 Å². The average molecular weight is 281 g/mol. The summed E-state index contributed by atoms with van der Waals surface area (Å²) in [4.78, 5) is 22.5. The van der Waals surface area contributed by atoms with E-state index in [1.165, 1.54) is 18.2 Å². The Hall–Kier alpha value is -2.19. The third-order valence-electron chi connectivity index (χ3n) is 2.38. The molecule has 19 heavy (non-hydrogen) atoms. The number of aromatic carboxylic acids is 1. The molecule has 0 fully saturated rings. The molecule has 1 aromatic carbocycles. The summed E-state index contributed by atoms with van der Waals surface area (Å²) in [7, 11) is 0. The number of hydrogen-bond donors (Lipinski definition) is 3. The topological polar surface area (TPSA) is 78.4 Å². The molecule has 0 aromatic heterocycles. The largest absolute Gasteiger partial charge is 0.478 e. The van der Waals surface area contributed by atoms with E-state index < -0.39 is 12.0 Å². The molecule has 1 rings (SSSR count). The van der Waals surface area contributed by atoms with Crippen molar-refractivity contribution in [3.63, 3.8) is 0 Å². The maximum Gasteiger partial charge on any atom is 0.335 e. The summed E-state index contributed by atoms with van der Waals surface area (Å²) in [6, 6.07) is 3.11. The van der Waals surface area contributed by atoms with Gasteiger partial charge in [-0.25, -0.2) is 9.59 Å². The Bertz CT molecular complexity index is 537. The van der Waals surface area contributed by atoms with E-state index in [0.717, 1.165) is 0 Å². The third-order valence-corrected chi connectivity index (χ3v) is 2.71. The van der Waals surface area contributed by atoms with Gasteiger partial charge in [-0.3, -0.25) is 0 Å². The first kappa shape index (κ1) is 14.9. The maximum absolute atomic E-state index is 11.7. The smallest absolute Gasteiger partial charge is 0.335 e. The molecule has 0 saturated heterocycles. The summed E-state index contributed by atoms with van der Waals surface area (Å²) in [5.41, 5.74) is 0.245.